The lowest BCUT2D eigenvalue weighted by Crippen LogP contribution is -2.37. The molecule has 3 atom stereocenters. The fourth-order valence-electron chi connectivity index (χ4n) is 4.64. The topological polar surface area (TPSA) is 80.3 Å². The number of amides is 1. The Morgan fingerprint density at radius 3 is 2.77 bits per heavy atom. The van der Waals surface area contributed by atoms with Crippen LogP contribution in [0.15, 0.2) is 36.4 Å². The summed E-state index contributed by atoms with van der Waals surface area (Å²) < 4.78 is 17.6. The largest absolute Gasteiger partial charge is 0.490 e. The summed E-state index contributed by atoms with van der Waals surface area (Å²) in [5, 5.41) is 14.4. The fourth-order valence-corrected chi connectivity index (χ4v) is 4.64. The van der Waals surface area contributed by atoms with Crippen molar-refractivity contribution >= 4 is 5.91 Å². The molecule has 2 N–H and O–H groups in total. The van der Waals surface area contributed by atoms with Crippen molar-refractivity contribution in [1.29, 1.82) is 0 Å². The van der Waals surface area contributed by atoms with Crippen LogP contribution >= 0.6 is 0 Å². The SMILES string of the molecule is CC(CC(=O)N(C)C)Oc1ccc2c(c1)C[C@@H](NC[C@@H](O)c1ccc3c(c1)COC(C)(C)O3)CC2. The second kappa shape index (κ2) is 10.6. The quantitative estimate of drug-likeness (QED) is 0.597. The minimum atomic E-state index is -0.626. The molecule has 0 bridgehead atoms. The van der Waals surface area contributed by atoms with Gasteiger partial charge in [0.05, 0.1) is 19.1 Å². The number of nitrogens with one attached hydrogen (secondary N) is 1. The first-order valence-corrected chi connectivity index (χ1v) is 12.5. The molecular weight excluding hydrogens is 444 g/mol. The van der Waals surface area contributed by atoms with Gasteiger partial charge in [-0.05, 0) is 67.1 Å². The number of hydrogen-bond donors (Lipinski definition) is 2. The molecule has 0 saturated heterocycles. The van der Waals surface area contributed by atoms with E-state index in [-0.39, 0.29) is 18.1 Å². The molecule has 0 radical (unpaired) electrons. The monoisotopic (exact) mass is 482 g/mol. The molecule has 1 unspecified atom stereocenters. The van der Waals surface area contributed by atoms with E-state index in [4.69, 9.17) is 14.2 Å². The number of aliphatic hydroxyl groups is 1. The summed E-state index contributed by atoms with van der Waals surface area (Å²) in [4.78, 5) is 13.5. The maximum atomic E-state index is 11.9. The third kappa shape index (κ3) is 6.54. The minimum Gasteiger partial charge on any atom is -0.490 e. The molecule has 0 fully saturated rings. The van der Waals surface area contributed by atoms with E-state index >= 15 is 0 Å². The summed E-state index contributed by atoms with van der Waals surface area (Å²) in [7, 11) is 3.51. The molecule has 190 valence electrons. The molecule has 1 aliphatic carbocycles. The van der Waals surface area contributed by atoms with Crippen molar-refractivity contribution in [2.75, 3.05) is 20.6 Å². The van der Waals surface area contributed by atoms with Gasteiger partial charge in [0, 0.05) is 46.1 Å². The van der Waals surface area contributed by atoms with Crippen molar-refractivity contribution in [2.45, 2.75) is 77.1 Å². The summed E-state index contributed by atoms with van der Waals surface area (Å²) in [6, 6.07) is 12.3. The Kier molecular flexibility index (Phi) is 7.69. The third-order valence-corrected chi connectivity index (χ3v) is 6.70. The van der Waals surface area contributed by atoms with E-state index in [1.54, 1.807) is 19.0 Å². The Hall–Kier alpha value is -2.61. The summed E-state index contributed by atoms with van der Waals surface area (Å²) >= 11 is 0. The standard InChI is InChI=1S/C28H38N2O5/c1-18(12-27(32)30(4)5)34-24-10-7-19-6-9-23(14-21(19)15-24)29-16-25(31)20-8-11-26-22(13-20)17-33-28(2,3)35-26/h7-8,10-11,13,15,18,23,25,29,31H,6,9,12,14,16-17H2,1-5H3/t18?,23-,25+/m0/s1. The van der Waals surface area contributed by atoms with Gasteiger partial charge in [0.15, 0.2) is 0 Å². The second-order valence-electron chi connectivity index (χ2n) is 10.4. The van der Waals surface area contributed by atoms with E-state index in [0.717, 1.165) is 41.9 Å². The van der Waals surface area contributed by atoms with Crippen LogP contribution in [0.3, 0.4) is 0 Å². The highest BCUT2D eigenvalue weighted by atomic mass is 16.7. The normalized spacial score (nSPS) is 20.1. The molecule has 2 aromatic carbocycles. The number of carbonyl (C=O) groups excluding carboxylic acids is 1. The van der Waals surface area contributed by atoms with Crippen LogP contribution in [0.1, 0.15) is 62.0 Å². The van der Waals surface area contributed by atoms with Crippen LogP contribution in [-0.2, 0) is 29.0 Å². The highest BCUT2D eigenvalue weighted by Gasteiger charge is 2.28. The average Bonchev–Trinajstić information content (AvgIpc) is 2.81. The first-order chi connectivity index (χ1) is 16.6. The number of aliphatic hydroxyl groups excluding tert-OH is 1. The highest BCUT2D eigenvalue weighted by Crippen LogP contribution is 2.33. The molecule has 7 nitrogen and oxygen atoms in total. The number of rotatable bonds is 8. The molecule has 35 heavy (non-hydrogen) atoms. The van der Waals surface area contributed by atoms with Crippen LogP contribution in [0, 0.1) is 0 Å². The van der Waals surface area contributed by atoms with Gasteiger partial charge in [0.25, 0.3) is 0 Å². The van der Waals surface area contributed by atoms with E-state index in [1.807, 2.05) is 45.0 Å². The zero-order chi connectivity index (χ0) is 25.2. The number of hydrogen-bond acceptors (Lipinski definition) is 6. The van der Waals surface area contributed by atoms with Crippen molar-refractivity contribution in [3.8, 4) is 11.5 Å². The number of ether oxygens (including phenoxy) is 3. The van der Waals surface area contributed by atoms with Gasteiger partial charge in [0.2, 0.25) is 11.7 Å². The zero-order valence-corrected chi connectivity index (χ0v) is 21.5. The Bertz CT molecular complexity index is 1050. The summed E-state index contributed by atoms with van der Waals surface area (Å²) in [5.41, 5.74) is 4.42. The minimum absolute atomic E-state index is 0.0566. The van der Waals surface area contributed by atoms with E-state index in [0.29, 0.717) is 19.6 Å². The number of aryl methyl sites for hydroxylation is 1. The van der Waals surface area contributed by atoms with Gasteiger partial charge in [-0.2, -0.15) is 0 Å². The Morgan fingerprint density at radius 1 is 1.20 bits per heavy atom. The van der Waals surface area contributed by atoms with Crippen LogP contribution < -0.4 is 14.8 Å². The Labute approximate surface area is 208 Å². The van der Waals surface area contributed by atoms with Gasteiger partial charge in [-0.25, -0.2) is 0 Å². The van der Waals surface area contributed by atoms with E-state index in [2.05, 4.69) is 17.4 Å². The number of benzene rings is 2. The van der Waals surface area contributed by atoms with Gasteiger partial charge in [0.1, 0.15) is 17.6 Å². The van der Waals surface area contributed by atoms with Crippen molar-refractivity contribution < 1.29 is 24.1 Å². The summed E-state index contributed by atoms with van der Waals surface area (Å²) in [5.74, 6) is 1.04. The fraction of sp³-hybridized carbons (Fsp3) is 0.536. The zero-order valence-electron chi connectivity index (χ0n) is 21.5. The summed E-state index contributed by atoms with van der Waals surface area (Å²) in [6.07, 6.45) is 2.45. The maximum absolute atomic E-state index is 11.9. The molecule has 0 spiro atoms. The first-order valence-electron chi connectivity index (χ1n) is 12.5. The van der Waals surface area contributed by atoms with Crippen molar-refractivity contribution in [1.82, 2.24) is 10.2 Å². The summed E-state index contributed by atoms with van der Waals surface area (Å²) in [6.45, 7) is 6.67. The number of fused-ring (bicyclic) bond motifs is 2. The molecule has 2 aromatic rings. The van der Waals surface area contributed by atoms with Crippen LogP contribution in [0.25, 0.3) is 0 Å². The Morgan fingerprint density at radius 2 is 2.00 bits per heavy atom. The second-order valence-corrected chi connectivity index (χ2v) is 10.4. The highest BCUT2D eigenvalue weighted by molar-refractivity contribution is 5.76. The lowest BCUT2D eigenvalue weighted by Gasteiger charge is -2.33. The van der Waals surface area contributed by atoms with Crippen LogP contribution in [-0.4, -0.2) is 54.5 Å². The smallest absolute Gasteiger partial charge is 0.225 e. The molecule has 1 heterocycles. The lowest BCUT2D eigenvalue weighted by atomic mass is 9.88. The van der Waals surface area contributed by atoms with Gasteiger partial charge >= 0.3 is 0 Å². The van der Waals surface area contributed by atoms with Gasteiger partial charge in [-0.3, -0.25) is 4.79 Å². The van der Waals surface area contributed by atoms with E-state index in [1.165, 1.54) is 11.1 Å². The van der Waals surface area contributed by atoms with Crippen LogP contribution in [0.2, 0.25) is 0 Å². The molecule has 1 aliphatic heterocycles. The van der Waals surface area contributed by atoms with Crippen molar-refractivity contribution in [2.24, 2.45) is 0 Å². The van der Waals surface area contributed by atoms with Crippen molar-refractivity contribution in [3.63, 3.8) is 0 Å². The van der Waals surface area contributed by atoms with Gasteiger partial charge in [-0.1, -0.05) is 12.1 Å². The van der Waals surface area contributed by atoms with Crippen LogP contribution in [0.4, 0.5) is 0 Å². The molecule has 4 rings (SSSR count). The number of nitrogens with zero attached hydrogens (tertiary/aromatic N) is 1. The molecule has 2 aliphatic rings. The van der Waals surface area contributed by atoms with Gasteiger partial charge < -0.3 is 29.5 Å². The molecule has 1 amide bonds. The van der Waals surface area contributed by atoms with E-state index < -0.39 is 11.9 Å². The van der Waals surface area contributed by atoms with E-state index in [9.17, 15) is 9.90 Å². The lowest BCUT2D eigenvalue weighted by molar-refractivity contribution is -0.180. The predicted octanol–water partition coefficient (Wildman–Crippen LogP) is 3.76. The number of carbonyl (C=O) groups is 1. The molecule has 0 saturated carbocycles. The third-order valence-electron chi connectivity index (χ3n) is 6.70. The van der Waals surface area contributed by atoms with Crippen molar-refractivity contribution in [3.05, 3.63) is 58.7 Å². The maximum Gasteiger partial charge on any atom is 0.225 e. The Balaban J connectivity index is 1.32. The molecular formula is C28H38N2O5. The predicted molar refractivity (Wildman–Crippen MR) is 135 cm³/mol. The van der Waals surface area contributed by atoms with Gasteiger partial charge in [-0.15, -0.1) is 0 Å². The average molecular weight is 483 g/mol. The first kappa shape index (κ1) is 25.5. The molecule has 0 aromatic heterocycles. The van der Waals surface area contributed by atoms with Crippen LogP contribution in [0.5, 0.6) is 11.5 Å². The molecule has 7 heteroatoms.